The molecule has 0 amide bonds. The summed E-state index contributed by atoms with van der Waals surface area (Å²) in [4.78, 5) is 18.9. The predicted molar refractivity (Wildman–Crippen MR) is 85.5 cm³/mol. The van der Waals surface area contributed by atoms with Gasteiger partial charge in [-0.1, -0.05) is 0 Å². The van der Waals surface area contributed by atoms with Gasteiger partial charge < -0.3 is 0 Å². The van der Waals surface area contributed by atoms with E-state index < -0.39 is 56.2 Å². The molecule has 0 unspecified atom stereocenters. The van der Waals surface area contributed by atoms with Gasteiger partial charge in [-0.25, -0.2) is 0 Å². The maximum Gasteiger partial charge on any atom is 2.00 e. The molecular formula is C12H8BaN2O10Se2. The molecule has 0 saturated carbocycles. The number of nitro benzene ring substituents is 2. The van der Waals surface area contributed by atoms with Crippen molar-refractivity contribution in [3.05, 3.63) is 68.8 Å². The third-order valence-electron chi connectivity index (χ3n) is 2.63. The standard InChI is InChI=1S/2C6H5NO5Se.Ba/c2*8-7(9)5-2-1-3-6(4-5)13(10,11)12;/h2*1-4H,(H,10,11,12);/q;;+2/p-2. The summed E-state index contributed by atoms with van der Waals surface area (Å²) in [6.07, 6.45) is 0. The zero-order chi connectivity index (χ0) is 20.1. The first-order valence-electron chi connectivity index (χ1n) is 6.23. The van der Waals surface area contributed by atoms with Crippen LogP contribution >= 0.6 is 0 Å². The van der Waals surface area contributed by atoms with Crippen LogP contribution in [0, 0.1) is 20.2 Å². The van der Waals surface area contributed by atoms with Crippen LogP contribution in [0.5, 0.6) is 0 Å². The van der Waals surface area contributed by atoms with Gasteiger partial charge in [0, 0.05) is 0 Å². The molecule has 0 bridgehead atoms. The maximum atomic E-state index is 10.5. The van der Waals surface area contributed by atoms with Gasteiger partial charge in [-0.3, -0.25) is 0 Å². The van der Waals surface area contributed by atoms with E-state index in [0.717, 1.165) is 48.5 Å². The molecule has 0 N–H and O–H groups in total. The fourth-order valence-electron chi connectivity index (χ4n) is 1.51. The van der Waals surface area contributed by atoms with E-state index in [0.29, 0.717) is 0 Å². The van der Waals surface area contributed by atoms with E-state index in [2.05, 4.69) is 0 Å². The summed E-state index contributed by atoms with van der Waals surface area (Å²) in [5, 5.41) is 20.4. The van der Waals surface area contributed by atoms with Crippen molar-refractivity contribution in [3.63, 3.8) is 0 Å². The molecule has 0 fully saturated rings. The van der Waals surface area contributed by atoms with Gasteiger partial charge in [-0.15, -0.1) is 0 Å². The van der Waals surface area contributed by atoms with Crippen LogP contribution in [0.25, 0.3) is 0 Å². The summed E-state index contributed by atoms with van der Waals surface area (Å²) in [6.45, 7) is 0. The van der Waals surface area contributed by atoms with E-state index in [1.807, 2.05) is 0 Å². The largest absolute Gasteiger partial charge is 2.00 e. The molecule has 0 aliphatic carbocycles. The normalized spacial score (nSPS) is 10.7. The smallest absolute Gasteiger partial charge is 2.00 e. The van der Waals surface area contributed by atoms with E-state index in [-0.39, 0.29) is 48.9 Å². The molecule has 27 heavy (non-hydrogen) atoms. The van der Waals surface area contributed by atoms with Gasteiger partial charge in [0.25, 0.3) is 0 Å². The van der Waals surface area contributed by atoms with Crippen molar-refractivity contribution in [2.45, 2.75) is 0 Å². The van der Waals surface area contributed by atoms with Gasteiger partial charge >= 0.3 is 198 Å². The molecule has 15 heteroatoms. The molecular weight excluding hydrogens is 627 g/mol. The number of benzene rings is 2. The van der Waals surface area contributed by atoms with Crippen molar-refractivity contribution < 1.29 is 33.6 Å². The Morgan fingerprint density at radius 2 is 0.963 bits per heavy atom. The van der Waals surface area contributed by atoms with Crippen LogP contribution < -0.4 is 17.3 Å². The van der Waals surface area contributed by atoms with Crippen LogP contribution in [0.3, 0.4) is 0 Å². The van der Waals surface area contributed by atoms with E-state index in [4.69, 9.17) is 0 Å². The molecule has 0 atom stereocenters. The molecule has 0 aromatic heterocycles. The Balaban J connectivity index is 0.000000483. The molecule has 0 aliphatic heterocycles. The van der Waals surface area contributed by atoms with Gasteiger partial charge in [0.15, 0.2) is 0 Å². The van der Waals surface area contributed by atoms with E-state index in [1.165, 1.54) is 0 Å². The minimum Gasteiger partial charge on any atom is 2.00 e. The summed E-state index contributed by atoms with van der Waals surface area (Å²) < 4.78 is 62.0. The van der Waals surface area contributed by atoms with Crippen molar-refractivity contribution >= 4 is 95.3 Å². The predicted octanol–water partition coefficient (Wildman–Crippen LogP) is -2.46. The van der Waals surface area contributed by atoms with Crippen molar-refractivity contribution in [1.82, 2.24) is 0 Å². The second-order valence-electron chi connectivity index (χ2n) is 4.42. The Morgan fingerprint density at radius 3 is 1.19 bits per heavy atom. The van der Waals surface area contributed by atoms with E-state index in [9.17, 15) is 43.9 Å². The third-order valence-corrected chi connectivity index (χ3v) is 6.12. The molecule has 0 saturated heterocycles. The number of nitro groups is 2. The molecule has 0 spiro atoms. The molecule has 0 radical (unpaired) electrons. The number of rotatable bonds is 4. The monoisotopic (exact) mass is 638 g/mol. The second-order valence-corrected chi connectivity index (χ2v) is 10.2. The zero-order valence-electron chi connectivity index (χ0n) is 13.1. The molecule has 2 aromatic carbocycles. The summed E-state index contributed by atoms with van der Waals surface area (Å²) in [7, 11) is 0. The van der Waals surface area contributed by atoms with E-state index >= 15 is 0 Å². The first-order valence-corrected chi connectivity index (χ1v) is 12.1. The van der Waals surface area contributed by atoms with Crippen molar-refractivity contribution in [1.29, 1.82) is 0 Å². The first kappa shape index (κ1) is 26.0. The third kappa shape index (κ3) is 8.68. The number of non-ortho nitro benzene ring substituents is 2. The van der Waals surface area contributed by atoms with Gasteiger partial charge in [0.1, 0.15) is 0 Å². The fourth-order valence-corrected chi connectivity index (χ4v) is 3.65. The first-order chi connectivity index (χ1) is 11.8. The zero-order valence-corrected chi connectivity index (χ0v) is 21.0. The minimum absolute atomic E-state index is 0. The Labute approximate surface area is 195 Å². The Hall–Kier alpha value is -1.03. The van der Waals surface area contributed by atoms with E-state index in [1.54, 1.807) is 0 Å². The molecule has 2 aromatic rings. The van der Waals surface area contributed by atoms with Crippen LogP contribution in [0.2, 0.25) is 0 Å². The van der Waals surface area contributed by atoms with Gasteiger partial charge in [-0.05, 0) is 0 Å². The molecule has 2 rings (SSSR count). The van der Waals surface area contributed by atoms with Crippen molar-refractivity contribution in [2.75, 3.05) is 0 Å². The second kappa shape index (κ2) is 10.5. The number of hydrogen-bond acceptors (Lipinski definition) is 10. The van der Waals surface area contributed by atoms with Gasteiger partial charge in [-0.2, -0.15) is 0 Å². The quantitative estimate of drug-likeness (QED) is 0.197. The topological polar surface area (TPSA) is 201 Å². The Bertz CT molecular complexity index is 968. The molecule has 0 heterocycles. The summed E-state index contributed by atoms with van der Waals surface area (Å²) in [6, 6.07) is 8.15. The average molecular weight is 635 g/mol. The van der Waals surface area contributed by atoms with Crippen molar-refractivity contribution in [3.8, 4) is 0 Å². The summed E-state index contributed by atoms with van der Waals surface area (Å²) in [5.41, 5.74) is -0.803. The average Bonchev–Trinajstić information content (AvgIpc) is 2.54. The Morgan fingerprint density at radius 1 is 0.667 bits per heavy atom. The van der Waals surface area contributed by atoms with Crippen LogP contribution in [0.4, 0.5) is 11.4 Å². The summed E-state index contributed by atoms with van der Waals surface area (Å²) >= 11 is -10.7. The van der Waals surface area contributed by atoms with Crippen LogP contribution in [-0.2, 0) is 15.3 Å². The number of hydrogen-bond donors (Lipinski definition) is 0. The van der Waals surface area contributed by atoms with Crippen LogP contribution in [-0.4, -0.2) is 84.8 Å². The maximum absolute atomic E-state index is 10.5. The SMILES string of the molecule is O=[N+]([O-])c1cccc([Se](=O)(=O)[O-])c1.O=[N+]([O-])c1cccc([Se](=O)(=O)[O-])c1.[Ba+2]. The van der Waals surface area contributed by atoms with Gasteiger partial charge in [0.05, 0.1) is 0 Å². The van der Waals surface area contributed by atoms with Gasteiger partial charge in [0.2, 0.25) is 0 Å². The minimum atomic E-state index is -5.34. The molecule has 0 aliphatic rings. The van der Waals surface area contributed by atoms with Crippen LogP contribution in [0.1, 0.15) is 0 Å². The summed E-state index contributed by atoms with van der Waals surface area (Å²) in [5.74, 6) is 0. The molecule has 12 nitrogen and oxygen atoms in total. The Kier molecular flexibility index (Phi) is 10.1. The molecule has 140 valence electrons. The fraction of sp³-hybridized carbons (Fsp3) is 0. The number of nitrogens with zero attached hydrogens (tertiary/aromatic N) is 2. The van der Waals surface area contributed by atoms with Crippen LogP contribution in [0.15, 0.2) is 48.5 Å². The van der Waals surface area contributed by atoms with Crippen molar-refractivity contribution in [2.24, 2.45) is 0 Å².